The van der Waals surface area contributed by atoms with E-state index in [1.807, 2.05) is 18.2 Å². The highest BCUT2D eigenvalue weighted by Gasteiger charge is 2.17. The summed E-state index contributed by atoms with van der Waals surface area (Å²) in [6, 6.07) is 11.5. The van der Waals surface area contributed by atoms with Gasteiger partial charge in [-0.2, -0.15) is 0 Å². The van der Waals surface area contributed by atoms with E-state index in [2.05, 4.69) is 0 Å². The van der Waals surface area contributed by atoms with E-state index in [0.717, 1.165) is 5.56 Å². The lowest BCUT2D eigenvalue weighted by atomic mass is 9.98. The first-order valence-electron chi connectivity index (χ1n) is 5.36. The molecule has 17 heavy (non-hydrogen) atoms. The number of hydrogen-bond acceptors (Lipinski definition) is 1. The number of aryl methyl sites for hydroxylation is 1. The monoisotopic (exact) mass is 233 g/mol. The molecule has 0 saturated carbocycles. The van der Waals surface area contributed by atoms with E-state index in [1.165, 1.54) is 19.1 Å². The number of halogens is 2. The van der Waals surface area contributed by atoms with Crippen LogP contribution in [-0.2, 0) is 0 Å². The molecule has 1 atom stereocenters. The Hall–Kier alpha value is -1.74. The second kappa shape index (κ2) is 4.63. The van der Waals surface area contributed by atoms with Crippen molar-refractivity contribution in [3.05, 3.63) is 70.8 Å². The van der Waals surface area contributed by atoms with E-state index in [9.17, 15) is 8.78 Å². The van der Waals surface area contributed by atoms with Crippen molar-refractivity contribution in [1.29, 1.82) is 0 Å². The Labute approximate surface area is 98.9 Å². The van der Waals surface area contributed by atoms with Gasteiger partial charge in [0.05, 0.1) is 6.04 Å². The fraction of sp³-hybridized carbons (Fsp3) is 0.143. The predicted molar refractivity (Wildman–Crippen MR) is 63.6 cm³/mol. The van der Waals surface area contributed by atoms with Crippen LogP contribution < -0.4 is 5.73 Å². The summed E-state index contributed by atoms with van der Waals surface area (Å²) in [5.74, 6) is -1.68. The maximum atomic E-state index is 13.7. The Morgan fingerprint density at radius 1 is 0.941 bits per heavy atom. The molecule has 1 nitrogen and oxygen atoms in total. The maximum Gasteiger partial charge on any atom is 0.164 e. The van der Waals surface area contributed by atoms with Gasteiger partial charge in [0, 0.05) is 5.56 Å². The summed E-state index contributed by atoms with van der Waals surface area (Å²) in [5, 5.41) is 0. The molecule has 0 aromatic heterocycles. The number of benzene rings is 2. The molecule has 0 saturated heterocycles. The van der Waals surface area contributed by atoms with Gasteiger partial charge in [-0.3, -0.25) is 0 Å². The third-order valence-corrected chi connectivity index (χ3v) is 2.80. The molecule has 0 spiro atoms. The van der Waals surface area contributed by atoms with Gasteiger partial charge in [-0.25, -0.2) is 8.78 Å². The van der Waals surface area contributed by atoms with Gasteiger partial charge in [0.25, 0.3) is 0 Å². The molecule has 1 unspecified atom stereocenters. The van der Waals surface area contributed by atoms with Crippen molar-refractivity contribution in [3.8, 4) is 0 Å². The van der Waals surface area contributed by atoms with Crippen molar-refractivity contribution in [1.82, 2.24) is 0 Å². The molecule has 0 bridgehead atoms. The number of hydrogen-bond donors (Lipinski definition) is 1. The molecule has 0 aliphatic rings. The lowest BCUT2D eigenvalue weighted by molar-refractivity contribution is 0.489. The van der Waals surface area contributed by atoms with Crippen LogP contribution in [0.5, 0.6) is 0 Å². The Kier molecular flexibility index (Phi) is 3.20. The van der Waals surface area contributed by atoms with Crippen LogP contribution in [0.1, 0.15) is 22.7 Å². The van der Waals surface area contributed by atoms with E-state index < -0.39 is 17.7 Å². The zero-order chi connectivity index (χ0) is 12.4. The second-order valence-electron chi connectivity index (χ2n) is 3.99. The highest BCUT2D eigenvalue weighted by atomic mass is 19.2. The average Bonchev–Trinajstić information content (AvgIpc) is 2.36. The molecule has 2 rings (SSSR count). The minimum atomic E-state index is -0.860. The van der Waals surface area contributed by atoms with Gasteiger partial charge in [-0.15, -0.1) is 0 Å². The van der Waals surface area contributed by atoms with E-state index in [-0.39, 0.29) is 11.1 Å². The molecule has 3 heteroatoms. The Morgan fingerprint density at radius 3 is 2.24 bits per heavy atom. The van der Waals surface area contributed by atoms with E-state index in [1.54, 1.807) is 12.1 Å². The van der Waals surface area contributed by atoms with Crippen LogP contribution in [0.15, 0.2) is 42.5 Å². The molecule has 88 valence electrons. The second-order valence-corrected chi connectivity index (χ2v) is 3.99. The highest BCUT2D eigenvalue weighted by Crippen LogP contribution is 2.24. The molecule has 0 heterocycles. The van der Waals surface area contributed by atoms with Gasteiger partial charge in [0.1, 0.15) is 0 Å². The van der Waals surface area contributed by atoms with Crippen molar-refractivity contribution in [2.75, 3.05) is 0 Å². The van der Waals surface area contributed by atoms with E-state index >= 15 is 0 Å². The molecular formula is C14H13F2N. The Bertz CT molecular complexity index is 523. The first-order valence-corrected chi connectivity index (χ1v) is 5.36. The summed E-state index contributed by atoms with van der Waals surface area (Å²) in [5.41, 5.74) is 7.15. The molecular weight excluding hydrogens is 220 g/mol. The van der Waals surface area contributed by atoms with Crippen molar-refractivity contribution >= 4 is 0 Å². The maximum absolute atomic E-state index is 13.7. The van der Waals surface area contributed by atoms with E-state index in [4.69, 9.17) is 5.73 Å². The first kappa shape index (κ1) is 11.7. The molecule has 0 aliphatic carbocycles. The van der Waals surface area contributed by atoms with Crippen LogP contribution in [-0.4, -0.2) is 0 Å². The van der Waals surface area contributed by atoms with Gasteiger partial charge in [0.2, 0.25) is 0 Å². The fourth-order valence-electron chi connectivity index (χ4n) is 1.74. The minimum absolute atomic E-state index is 0.180. The van der Waals surface area contributed by atoms with Gasteiger partial charge in [-0.05, 0) is 18.1 Å². The van der Waals surface area contributed by atoms with Crippen molar-refractivity contribution in [2.45, 2.75) is 13.0 Å². The molecule has 2 N–H and O–H groups in total. The third-order valence-electron chi connectivity index (χ3n) is 2.80. The molecule has 0 fully saturated rings. The van der Waals surface area contributed by atoms with Crippen molar-refractivity contribution in [2.24, 2.45) is 5.73 Å². The quantitative estimate of drug-likeness (QED) is 0.846. The third kappa shape index (κ3) is 2.19. The van der Waals surface area contributed by atoms with Crippen LogP contribution in [0.25, 0.3) is 0 Å². The van der Waals surface area contributed by atoms with Crippen LogP contribution >= 0.6 is 0 Å². The molecule has 0 aliphatic heterocycles. The molecule has 0 amide bonds. The Balaban J connectivity index is 2.45. The average molecular weight is 233 g/mol. The summed E-state index contributed by atoms with van der Waals surface area (Å²) in [6.07, 6.45) is 0. The lowest BCUT2D eigenvalue weighted by Crippen LogP contribution is -2.14. The minimum Gasteiger partial charge on any atom is -0.320 e. The van der Waals surface area contributed by atoms with Crippen LogP contribution in [0.2, 0.25) is 0 Å². The first-order chi connectivity index (χ1) is 8.11. The number of nitrogens with two attached hydrogens (primary N) is 1. The predicted octanol–water partition coefficient (Wildman–Crippen LogP) is 3.32. The zero-order valence-electron chi connectivity index (χ0n) is 9.45. The van der Waals surface area contributed by atoms with Crippen LogP contribution in [0.4, 0.5) is 8.78 Å². The molecule has 2 aromatic carbocycles. The summed E-state index contributed by atoms with van der Waals surface area (Å²) >= 11 is 0. The normalized spacial score (nSPS) is 12.5. The van der Waals surface area contributed by atoms with Crippen molar-refractivity contribution < 1.29 is 8.78 Å². The zero-order valence-corrected chi connectivity index (χ0v) is 9.45. The smallest absolute Gasteiger partial charge is 0.164 e. The van der Waals surface area contributed by atoms with Gasteiger partial charge >= 0.3 is 0 Å². The molecule has 2 aromatic rings. The van der Waals surface area contributed by atoms with Crippen molar-refractivity contribution in [3.63, 3.8) is 0 Å². The van der Waals surface area contributed by atoms with Gasteiger partial charge in [-0.1, -0.05) is 42.5 Å². The van der Waals surface area contributed by atoms with E-state index in [0.29, 0.717) is 0 Å². The number of rotatable bonds is 2. The lowest BCUT2D eigenvalue weighted by Gasteiger charge is -2.14. The SMILES string of the molecule is Cc1ccc(C(N)c2ccccc2)c(F)c1F. The fourth-order valence-corrected chi connectivity index (χ4v) is 1.74. The topological polar surface area (TPSA) is 26.0 Å². The van der Waals surface area contributed by atoms with Crippen LogP contribution in [0, 0.1) is 18.6 Å². The molecule has 0 radical (unpaired) electrons. The standard InChI is InChI=1S/C14H13F2N/c1-9-7-8-11(13(16)12(9)15)14(17)10-5-3-2-4-6-10/h2-8,14H,17H2,1H3. The Morgan fingerprint density at radius 2 is 1.59 bits per heavy atom. The highest BCUT2D eigenvalue weighted by molar-refractivity contribution is 5.34. The summed E-state index contributed by atoms with van der Waals surface area (Å²) in [4.78, 5) is 0. The largest absolute Gasteiger partial charge is 0.320 e. The summed E-state index contributed by atoms with van der Waals surface area (Å²) in [6.45, 7) is 1.52. The van der Waals surface area contributed by atoms with Crippen LogP contribution in [0.3, 0.4) is 0 Å². The van der Waals surface area contributed by atoms with Gasteiger partial charge < -0.3 is 5.73 Å². The van der Waals surface area contributed by atoms with Gasteiger partial charge in [0.15, 0.2) is 11.6 Å². The summed E-state index contributed by atoms with van der Waals surface area (Å²) in [7, 11) is 0. The summed E-state index contributed by atoms with van der Waals surface area (Å²) < 4.78 is 27.2.